The highest BCUT2D eigenvalue weighted by Crippen LogP contribution is 2.18. The minimum Gasteiger partial charge on any atom is -0.321 e. The van der Waals surface area contributed by atoms with Gasteiger partial charge in [-0.15, -0.1) is 12.4 Å². The van der Waals surface area contributed by atoms with Gasteiger partial charge in [0.2, 0.25) is 0 Å². The summed E-state index contributed by atoms with van der Waals surface area (Å²) in [5, 5.41) is 7.03. The molecule has 23 heavy (non-hydrogen) atoms. The van der Waals surface area contributed by atoms with Gasteiger partial charge in [0.1, 0.15) is 11.6 Å². The Morgan fingerprint density at radius 3 is 2.43 bits per heavy atom. The lowest BCUT2D eigenvalue weighted by Gasteiger charge is -2.07. The molecule has 0 amide bonds. The summed E-state index contributed by atoms with van der Waals surface area (Å²) in [5.41, 5.74) is 8.17. The van der Waals surface area contributed by atoms with Crippen LogP contribution in [0.5, 0.6) is 0 Å². The molecule has 0 fully saturated rings. The van der Waals surface area contributed by atoms with Crippen LogP contribution in [-0.4, -0.2) is 15.2 Å². The Balaban J connectivity index is 0.00000192. The number of halogens is 2. The van der Waals surface area contributed by atoms with Gasteiger partial charge < -0.3 is 5.73 Å². The number of nitrogens with two attached hydrogens (primary N) is 1. The molecule has 0 aliphatic rings. The van der Waals surface area contributed by atoms with E-state index in [1.807, 2.05) is 18.2 Å². The van der Waals surface area contributed by atoms with Gasteiger partial charge in [-0.05, 0) is 42.7 Å². The minimum absolute atomic E-state index is 0. The van der Waals surface area contributed by atoms with Crippen LogP contribution in [0.15, 0.2) is 54.6 Å². The molecule has 1 aromatic heterocycles. The van der Waals surface area contributed by atoms with E-state index in [0.717, 1.165) is 18.4 Å². The zero-order chi connectivity index (χ0) is 15.4. The highest BCUT2D eigenvalue weighted by Gasteiger charge is 2.13. The van der Waals surface area contributed by atoms with E-state index < -0.39 is 0 Å². The van der Waals surface area contributed by atoms with E-state index in [4.69, 9.17) is 5.73 Å². The molecule has 6 heteroatoms. The Hall–Kier alpha value is -2.24. The molecule has 4 nitrogen and oxygen atoms in total. The third-order valence-electron chi connectivity index (χ3n) is 3.54. The third kappa shape index (κ3) is 4.37. The van der Waals surface area contributed by atoms with E-state index >= 15 is 0 Å². The van der Waals surface area contributed by atoms with Gasteiger partial charge in [-0.1, -0.05) is 30.3 Å². The molecule has 0 spiro atoms. The van der Waals surface area contributed by atoms with Crippen LogP contribution in [0.25, 0.3) is 11.4 Å². The van der Waals surface area contributed by atoms with Crippen molar-refractivity contribution in [3.63, 3.8) is 0 Å². The van der Waals surface area contributed by atoms with Gasteiger partial charge in [0, 0.05) is 5.56 Å². The lowest BCUT2D eigenvalue weighted by atomic mass is 10.1. The molecule has 3 N–H and O–H groups in total. The summed E-state index contributed by atoms with van der Waals surface area (Å²) in [6.07, 6.45) is 1.66. The van der Waals surface area contributed by atoms with Crippen molar-refractivity contribution in [2.75, 3.05) is 0 Å². The highest BCUT2D eigenvalue weighted by molar-refractivity contribution is 5.85. The highest BCUT2D eigenvalue weighted by atomic mass is 35.5. The lowest BCUT2D eigenvalue weighted by Crippen LogP contribution is -2.13. The fraction of sp³-hybridized carbons (Fsp3) is 0.176. The molecule has 0 aliphatic carbocycles. The molecule has 0 saturated heterocycles. The molecule has 3 rings (SSSR count). The fourth-order valence-corrected chi connectivity index (χ4v) is 2.27. The van der Waals surface area contributed by atoms with Gasteiger partial charge in [0.25, 0.3) is 0 Å². The fourth-order valence-electron chi connectivity index (χ4n) is 2.27. The molecular formula is C17H18ClFN4. The van der Waals surface area contributed by atoms with Crippen molar-refractivity contribution in [1.29, 1.82) is 0 Å². The van der Waals surface area contributed by atoms with Gasteiger partial charge >= 0.3 is 0 Å². The summed E-state index contributed by atoms with van der Waals surface area (Å²) in [6.45, 7) is 0. The van der Waals surface area contributed by atoms with Gasteiger partial charge in [0.05, 0.1) is 6.04 Å². The van der Waals surface area contributed by atoms with E-state index in [0.29, 0.717) is 11.6 Å². The van der Waals surface area contributed by atoms with Crippen molar-refractivity contribution in [2.45, 2.75) is 18.9 Å². The molecule has 0 bridgehead atoms. The maximum Gasteiger partial charge on any atom is 0.181 e. The summed E-state index contributed by atoms with van der Waals surface area (Å²) in [5.74, 6) is 0.902. The van der Waals surface area contributed by atoms with Crippen LogP contribution in [-0.2, 0) is 6.42 Å². The average Bonchev–Trinajstić information content (AvgIpc) is 3.04. The Bertz CT molecular complexity index is 728. The monoisotopic (exact) mass is 332 g/mol. The van der Waals surface area contributed by atoms with Crippen LogP contribution in [0.2, 0.25) is 0 Å². The van der Waals surface area contributed by atoms with E-state index in [1.165, 1.54) is 17.7 Å². The molecule has 0 unspecified atom stereocenters. The maximum atomic E-state index is 12.9. The molecule has 3 aromatic rings. The lowest BCUT2D eigenvalue weighted by molar-refractivity contribution is 0.615. The number of hydrogen-bond acceptors (Lipinski definition) is 3. The second-order valence-corrected chi connectivity index (χ2v) is 5.18. The topological polar surface area (TPSA) is 67.6 Å². The predicted molar refractivity (Wildman–Crippen MR) is 90.7 cm³/mol. The number of aromatic amines is 1. The molecule has 120 valence electrons. The van der Waals surface area contributed by atoms with E-state index in [9.17, 15) is 4.39 Å². The predicted octanol–water partition coefficient (Wildman–Crippen LogP) is 3.67. The van der Waals surface area contributed by atoms with Crippen LogP contribution in [0.4, 0.5) is 4.39 Å². The van der Waals surface area contributed by atoms with Crippen LogP contribution < -0.4 is 5.73 Å². The Morgan fingerprint density at radius 1 is 1.04 bits per heavy atom. The first-order valence-corrected chi connectivity index (χ1v) is 7.20. The van der Waals surface area contributed by atoms with Gasteiger partial charge in [-0.2, -0.15) is 5.10 Å². The maximum absolute atomic E-state index is 12.9. The summed E-state index contributed by atoms with van der Waals surface area (Å²) in [4.78, 5) is 4.41. The number of rotatable bonds is 5. The van der Waals surface area contributed by atoms with Crippen LogP contribution in [0, 0.1) is 5.82 Å². The second kappa shape index (κ2) is 7.85. The molecule has 0 aliphatic heterocycles. The zero-order valence-corrected chi connectivity index (χ0v) is 13.3. The smallest absolute Gasteiger partial charge is 0.181 e. The first-order valence-electron chi connectivity index (χ1n) is 7.20. The van der Waals surface area contributed by atoms with E-state index in [2.05, 4.69) is 27.3 Å². The molecular weight excluding hydrogens is 315 g/mol. The summed E-state index contributed by atoms with van der Waals surface area (Å²) < 4.78 is 12.9. The summed E-state index contributed by atoms with van der Waals surface area (Å²) in [6, 6.07) is 16.1. The zero-order valence-electron chi connectivity index (χ0n) is 12.4. The molecule has 1 heterocycles. The Kier molecular flexibility index (Phi) is 5.84. The largest absolute Gasteiger partial charge is 0.321 e. The Labute approximate surface area is 140 Å². The SMILES string of the molecule is Cl.N[C@H](CCc1ccccc1)c1nc(-c2ccc(F)cc2)n[nH]1. The number of benzene rings is 2. The first-order chi connectivity index (χ1) is 10.7. The van der Waals surface area contributed by atoms with Crippen LogP contribution in [0.1, 0.15) is 23.9 Å². The molecule has 0 saturated carbocycles. The Morgan fingerprint density at radius 2 is 1.74 bits per heavy atom. The quantitative estimate of drug-likeness (QED) is 0.749. The number of aryl methyl sites for hydroxylation is 1. The second-order valence-electron chi connectivity index (χ2n) is 5.18. The van der Waals surface area contributed by atoms with E-state index in [-0.39, 0.29) is 24.3 Å². The number of H-pyrrole nitrogens is 1. The van der Waals surface area contributed by atoms with E-state index in [1.54, 1.807) is 12.1 Å². The van der Waals surface area contributed by atoms with Crippen molar-refractivity contribution >= 4 is 12.4 Å². The molecule has 2 aromatic carbocycles. The number of nitrogens with one attached hydrogen (secondary N) is 1. The minimum atomic E-state index is -0.279. The average molecular weight is 333 g/mol. The van der Waals surface area contributed by atoms with Gasteiger partial charge in [-0.25, -0.2) is 9.37 Å². The molecule has 0 radical (unpaired) electrons. The van der Waals surface area contributed by atoms with Crippen molar-refractivity contribution < 1.29 is 4.39 Å². The van der Waals surface area contributed by atoms with Crippen molar-refractivity contribution in [2.24, 2.45) is 5.73 Å². The summed E-state index contributed by atoms with van der Waals surface area (Å²) >= 11 is 0. The number of hydrogen-bond donors (Lipinski definition) is 2. The summed E-state index contributed by atoms with van der Waals surface area (Å²) in [7, 11) is 0. The van der Waals surface area contributed by atoms with Crippen LogP contribution >= 0.6 is 12.4 Å². The number of aromatic nitrogens is 3. The first kappa shape index (κ1) is 17.1. The normalized spacial score (nSPS) is 11.7. The van der Waals surface area contributed by atoms with Crippen molar-refractivity contribution in [3.8, 4) is 11.4 Å². The van der Waals surface area contributed by atoms with Crippen LogP contribution in [0.3, 0.4) is 0 Å². The number of nitrogens with zero attached hydrogens (tertiary/aromatic N) is 2. The van der Waals surface area contributed by atoms with Gasteiger partial charge in [0.15, 0.2) is 5.82 Å². The van der Waals surface area contributed by atoms with Crippen molar-refractivity contribution in [3.05, 3.63) is 71.8 Å². The van der Waals surface area contributed by atoms with Crippen molar-refractivity contribution in [1.82, 2.24) is 15.2 Å². The van der Waals surface area contributed by atoms with Gasteiger partial charge in [-0.3, -0.25) is 5.10 Å². The molecule has 1 atom stereocenters. The third-order valence-corrected chi connectivity index (χ3v) is 3.54. The standard InChI is InChI=1S/C17H17FN4.ClH/c18-14-9-7-13(8-10-14)16-20-17(22-21-16)15(19)11-6-12-4-2-1-3-5-12;/h1-5,7-10,15H,6,11,19H2,(H,20,21,22);1H/t15-;/m1./s1.